The molecule has 1 atom stereocenters. The lowest BCUT2D eigenvalue weighted by Crippen LogP contribution is -2.26. The largest absolute Gasteiger partial charge is 0.419 e. The van der Waals surface area contributed by atoms with Crippen molar-refractivity contribution in [3.8, 4) is 11.5 Å². The summed E-state index contributed by atoms with van der Waals surface area (Å²) in [5.74, 6) is 0.696. The van der Waals surface area contributed by atoms with Crippen molar-refractivity contribution in [1.82, 2.24) is 15.1 Å². The van der Waals surface area contributed by atoms with E-state index in [0.29, 0.717) is 18.3 Å². The first-order valence-electron chi connectivity index (χ1n) is 6.27. The molecule has 0 aliphatic carbocycles. The van der Waals surface area contributed by atoms with E-state index in [1.54, 1.807) is 12.1 Å². The van der Waals surface area contributed by atoms with E-state index >= 15 is 0 Å². The summed E-state index contributed by atoms with van der Waals surface area (Å²) < 4.78 is 18.4. The van der Waals surface area contributed by atoms with Crippen LogP contribution in [0.5, 0.6) is 0 Å². The molecular formula is C13H15FN4O. The molecule has 0 spiro atoms. The topological polar surface area (TPSA) is 68.2 Å². The molecule has 5 nitrogen and oxygen atoms in total. The lowest BCUT2D eigenvalue weighted by molar-refractivity contribution is 0.289. The van der Waals surface area contributed by atoms with Gasteiger partial charge in [-0.25, -0.2) is 4.39 Å². The molecule has 1 saturated heterocycles. The van der Waals surface area contributed by atoms with Crippen molar-refractivity contribution in [2.75, 3.05) is 13.1 Å². The van der Waals surface area contributed by atoms with Crippen molar-refractivity contribution in [3.05, 3.63) is 36.0 Å². The molecule has 1 aromatic heterocycles. The molecule has 0 unspecified atom stereocenters. The number of halogens is 1. The number of nitrogens with two attached hydrogens (primary N) is 1. The van der Waals surface area contributed by atoms with Gasteiger partial charge in [0.25, 0.3) is 0 Å². The van der Waals surface area contributed by atoms with Crippen molar-refractivity contribution in [2.45, 2.75) is 19.0 Å². The molecule has 1 fully saturated rings. The van der Waals surface area contributed by atoms with E-state index in [2.05, 4.69) is 15.1 Å². The van der Waals surface area contributed by atoms with Crippen LogP contribution in [0.25, 0.3) is 11.5 Å². The smallest absolute Gasteiger partial charge is 0.247 e. The number of benzene rings is 1. The van der Waals surface area contributed by atoms with E-state index in [9.17, 15) is 4.39 Å². The number of rotatable bonds is 3. The van der Waals surface area contributed by atoms with E-state index in [0.717, 1.165) is 25.1 Å². The average Bonchev–Trinajstić information content (AvgIpc) is 3.00. The Kier molecular flexibility index (Phi) is 3.27. The molecule has 2 N–H and O–H groups in total. The van der Waals surface area contributed by atoms with Gasteiger partial charge >= 0.3 is 0 Å². The molecule has 6 heteroatoms. The predicted octanol–water partition coefficient (Wildman–Crippen LogP) is 1.41. The van der Waals surface area contributed by atoms with E-state index in [1.165, 1.54) is 12.1 Å². The Morgan fingerprint density at radius 3 is 2.79 bits per heavy atom. The van der Waals surface area contributed by atoms with Crippen LogP contribution in [0.15, 0.2) is 28.7 Å². The van der Waals surface area contributed by atoms with Crippen molar-refractivity contribution in [3.63, 3.8) is 0 Å². The monoisotopic (exact) mass is 262 g/mol. The highest BCUT2D eigenvalue weighted by Gasteiger charge is 2.21. The summed E-state index contributed by atoms with van der Waals surface area (Å²) in [5.41, 5.74) is 6.57. The summed E-state index contributed by atoms with van der Waals surface area (Å²) in [6.07, 6.45) is 0.999. The Balaban J connectivity index is 1.71. The Morgan fingerprint density at radius 2 is 2.11 bits per heavy atom. The maximum atomic E-state index is 12.8. The zero-order valence-electron chi connectivity index (χ0n) is 10.4. The highest BCUT2D eigenvalue weighted by atomic mass is 19.1. The van der Waals surface area contributed by atoms with Gasteiger partial charge in [0.1, 0.15) is 5.82 Å². The van der Waals surface area contributed by atoms with Gasteiger partial charge in [-0.3, -0.25) is 4.90 Å². The highest BCUT2D eigenvalue weighted by Crippen LogP contribution is 2.19. The van der Waals surface area contributed by atoms with E-state index < -0.39 is 0 Å². The van der Waals surface area contributed by atoms with Crippen molar-refractivity contribution < 1.29 is 8.81 Å². The molecule has 0 amide bonds. The Labute approximate surface area is 110 Å². The minimum atomic E-state index is -0.283. The average molecular weight is 262 g/mol. The zero-order chi connectivity index (χ0) is 13.2. The first kappa shape index (κ1) is 12.3. The van der Waals surface area contributed by atoms with Gasteiger partial charge in [-0.05, 0) is 30.7 Å². The van der Waals surface area contributed by atoms with Crippen LogP contribution in [-0.4, -0.2) is 34.2 Å². The quantitative estimate of drug-likeness (QED) is 0.905. The molecule has 0 saturated carbocycles. The number of aromatic nitrogens is 2. The van der Waals surface area contributed by atoms with Crippen LogP contribution in [0.3, 0.4) is 0 Å². The maximum Gasteiger partial charge on any atom is 0.247 e. The molecule has 19 heavy (non-hydrogen) atoms. The second kappa shape index (κ2) is 5.07. The fraction of sp³-hybridized carbons (Fsp3) is 0.385. The van der Waals surface area contributed by atoms with Gasteiger partial charge in [0.2, 0.25) is 11.8 Å². The Morgan fingerprint density at radius 1 is 1.32 bits per heavy atom. The normalized spacial score (nSPS) is 20.0. The summed E-state index contributed by atoms with van der Waals surface area (Å²) in [5, 5.41) is 7.99. The van der Waals surface area contributed by atoms with Gasteiger partial charge in [-0.15, -0.1) is 10.2 Å². The van der Waals surface area contributed by atoms with Crippen molar-refractivity contribution in [2.24, 2.45) is 5.73 Å². The molecule has 1 aliphatic rings. The second-order valence-electron chi connectivity index (χ2n) is 4.79. The lowest BCUT2D eigenvalue weighted by atomic mass is 10.2. The van der Waals surface area contributed by atoms with Crippen LogP contribution in [-0.2, 0) is 6.54 Å². The summed E-state index contributed by atoms with van der Waals surface area (Å²) >= 11 is 0. The molecule has 100 valence electrons. The minimum absolute atomic E-state index is 0.236. The molecule has 3 rings (SSSR count). The molecule has 0 bridgehead atoms. The van der Waals surface area contributed by atoms with E-state index in [-0.39, 0.29) is 11.9 Å². The van der Waals surface area contributed by atoms with Gasteiger partial charge in [0, 0.05) is 24.7 Å². The summed E-state index contributed by atoms with van der Waals surface area (Å²) in [6.45, 7) is 2.42. The van der Waals surface area contributed by atoms with E-state index in [4.69, 9.17) is 10.2 Å². The van der Waals surface area contributed by atoms with Crippen LogP contribution in [0.2, 0.25) is 0 Å². The first-order valence-corrected chi connectivity index (χ1v) is 6.27. The number of hydrogen-bond donors (Lipinski definition) is 1. The lowest BCUT2D eigenvalue weighted by Gasteiger charge is -2.11. The van der Waals surface area contributed by atoms with Crippen LogP contribution < -0.4 is 5.73 Å². The number of likely N-dealkylation sites (tertiary alicyclic amines) is 1. The molecule has 1 aliphatic heterocycles. The molecule has 2 aromatic rings. The Bertz CT molecular complexity index is 554. The second-order valence-corrected chi connectivity index (χ2v) is 4.79. The summed E-state index contributed by atoms with van der Waals surface area (Å²) in [6, 6.07) is 6.23. The third-order valence-corrected chi connectivity index (χ3v) is 3.23. The van der Waals surface area contributed by atoms with Crippen LogP contribution in [0, 0.1) is 5.82 Å². The molecule has 2 heterocycles. The maximum absolute atomic E-state index is 12.8. The fourth-order valence-electron chi connectivity index (χ4n) is 2.22. The Hall–Kier alpha value is -1.79. The molecular weight excluding hydrogens is 247 g/mol. The summed E-state index contributed by atoms with van der Waals surface area (Å²) in [4.78, 5) is 2.19. The van der Waals surface area contributed by atoms with Crippen molar-refractivity contribution in [1.29, 1.82) is 0 Å². The van der Waals surface area contributed by atoms with Gasteiger partial charge in [-0.1, -0.05) is 0 Å². The number of nitrogens with zero attached hydrogens (tertiary/aromatic N) is 3. The minimum Gasteiger partial charge on any atom is -0.419 e. The standard InChI is InChI=1S/C13H15FN4O/c14-10-3-1-9(2-4-10)13-17-16-12(19-13)8-18-6-5-11(15)7-18/h1-4,11H,5-8,15H2/t11-/m1/s1. The molecule has 1 aromatic carbocycles. The van der Waals surface area contributed by atoms with Gasteiger partial charge in [-0.2, -0.15) is 0 Å². The first-order chi connectivity index (χ1) is 9.20. The highest BCUT2D eigenvalue weighted by molar-refractivity contribution is 5.51. The van der Waals surface area contributed by atoms with Crippen LogP contribution >= 0.6 is 0 Å². The van der Waals surface area contributed by atoms with E-state index in [1.807, 2.05) is 0 Å². The summed E-state index contributed by atoms with van der Waals surface area (Å²) in [7, 11) is 0. The fourth-order valence-corrected chi connectivity index (χ4v) is 2.22. The van der Waals surface area contributed by atoms with Gasteiger partial charge < -0.3 is 10.2 Å². The number of hydrogen-bond acceptors (Lipinski definition) is 5. The predicted molar refractivity (Wildman–Crippen MR) is 67.6 cm³/mol. The third-order valence-electron chi connectivity index (χ3n) is 3.23. The third kappa shape index (κ3) is 2.80. The van der Waals surface area contributed by atoms with Gasteiger partial charge in [0.05, 0.1) is 6.54 Å². The zero-order valence-corrected chi connectivity index (χ0v) is 10.4. The SMILES string of the molecule is N[C@@H]1CCN(Cc2nnc(-c3ccc(F)cc3)o2)C1. The molecule has 0 radical (unpaired) electrons. The van der Waals surface area contributed by atoms with Crippen LogP contribution in [0.4, 0.5) is 4.39 Å². The van der Waals surface area contributed by atoms with Crippen LogP contribution in [0.1, 0.15) is 12.3 Å². The van der Waals surface area contributed by atoms with Gasteiger partial charge in [0.15, 0.2) is 0 Å². The van der Waals surface area contributed by atoms with Crippen molar-refractivity contribution >= 4 is 0 Å².